The summed E-state index contributed by atoms with van der Waals surface area (Å²) in [5.74, 6) is -0.658. The first kappa shape index (κ1) is 15.0. The quantitative estimate of drug-likeness (QED) is 0.754. The average Bonchev–Trinajstić information content (AvgIpc) is 2.94. The number of hydrogen-bond donors (Lipinski definition) is 3. The molecule has 2 amide bonds. The number of carboxylic acids is 1. The van der Waals surface area contributed by atoms with Crippen molar-refractivity contribution in [3.05, 3.63) is 40.5 Å². The monoisotopic (exact) mass is 354 g/mol. The molecule has 8 nitrogen and oxygen atoms in total. The van der Waals surface area contributed by atoms with Crippen molar-refractivity contribution in [3.8, 4) is 0 Å². The summed E-state index contributed by atoms with van der Waals surface area (Å²) in [5.41, 5.74) is 0.449. The normalized spacial score (nSPS) is 10.1. The third-order valence-electron chi connectivity index (χ3n) is 2.49. The summed E-state index contributed by atoms with van der Waals surface area (Å²) < 4.78 is 5.23. The second kappa shape index (κ2) is 6.84. The van der Waals surface area contributed by atoms with Gasteiger partial charge in [0, 0.05) is 23.1 Å². The number of benzene rings is 1. The Morgan fingerprint density at radius 1 is 1.38 bits per heavy atom. The first-order chi connectivity index (χ1) is 10.1. The number of urea groups is 1. The van der Waals surface area contributed by atoms with E-state index >= 15 is 0 Å². The van der Waals surface area contributed by atoms with E-state index in [1.54, 1.807) is 12.1 Å². The molecule has 0 unspecified atom stereocenters. The lowest BCUT2D eigenvalue weighted by Crippen LogP contribution is -2.30. The zero-order valence-corrected chi connectivity index (χ0v) is 12.3. The molecule has 0 atom stereocenters. The van der Waals surface area contributed by atoms with Gasteiger partial charge in [-0.25, -0.2) is 9.59 Å². The molecular weight excluding hydrogens is 344 g/mol. The number of nitrogens with zero attached hydrogens (tertiary/aromatic N) is 2. The van der Waals surface area contributed by atoms with E-state index in [1.807, 2.05) is 0 Å². The lowest BCUT2D eigenvalue weighted by Gasteiger charge is -2.08. The van der Waals surface area contributed by atoms with Crippen LogP contribution in [0, 0.1) is 0 Å². The van der Waals surface area contributed by atoms with E-state index in [0.717, 1.165) is 0 Å². The van der Waals surface area contributed by atoms with Crippen LogP contribution >= 0.6 is 15.9 Å². The predicted molar refractivity (Wildman–Crippen MR) is 76.1 cm³/mol. The van der Waals surface area contributed by atoms with Crippen molar-refractivity contribution in [2.75, 3.05) is 11.9 Å². The molecule has 110 valence electrons. The van der Waals surface area contributed by atoms with Crippen LogP contribution in [0.25, 0.3) is 0 Å². The van der Waals surface area contributed by atoms with Crippen molar-refractivity contribution < 1.29 is 19.2 Å². The highest BCUT2D eigenvalue weighted by atomic mass is 79.9. The first-order valence-corrected chi connectivity index (χ1v) is 6.69. The third-order valence-corrected chi connectivity index (χ3v) is 3.18. The number of rotatable bonds is 5. The molecule has 0 spiro atoms. The van der Waals surface area contributed by atoms with E-state index in [9.17, 15) is 9.59 Å². The van der Waals surface area contributed by atoms with Crippen molar-refractivity contribution in [3.63, 3.8) is 0 Å². The molecule has 9 heteroatoms. The van der Waals surface area contributed by atoms with E-state index in [-0.39, 0.29) is 5.56 Å². The molecule has 0 fully saturated rings. The number of carboxylic acid groups (broad SMARTS) is 1. The SMILES string of the molecule is O=C(NCCc1ncno1)Nc1ccc(Br)c(C(=O)O)c1. The zero-order valence-electron chi connectivity index (χ0n) is 10.7. The summed E-state index contributed by atoms with van der Waals surface area (Å²) in [5, 5.41) is 17.6. The van der Waals surface area contributed by atoms with Gasteiger partial charge < -0.3 is 20.3 Å². The summed E-state index contributed by atoms with van der Waals surface area (Å²) in [6.07, 6.45) is 1.69. The van der Waals surface area contributed by atoms with Crippen LogP contribution in [0.2, 0.25) is 0 Å². The second-order valence-electron chi connectivity index (χ2n) is 3.97. The molecule has 2 rings (SSSR count). The maximum atomic E-state index is 11.7. The second-order valence-corrected chi connectivity index (χ2v) is 4.82. The fourth-order valence-corrected chi connectivity index (χ4v) is 1.95. The van der Waals surface area contributed by atoms with Crippen LogP contribution in [0.3, 0.4) is 0 Å². The minimum absolute atomic E-state index is 0.0682. The van der Waals surface area contributed by atoms with Gasteiger partial charge in [-0.1, -0.05) is 5.16 Å². The van der Waals surface area contributed by atoms with Gasteiger partial charge in [-0.2, -0.15) is 4.98 Å². The van der Waals surface area contributed by atoms with E-state index < -0.39 is 12.0 Å². The van der Waals surface area contributed by atoms with Gasteiger partial charge in [-0.15, -0.1) is 0 Å². The highest BCUT2D eigenvalue weighted by molar-refractivity contribution is 9.10. The molecule has 1 aromatic carbocycles. The maximum absolute atomic E-state index is 11.7. The molecule has 2 aromatic rings. The molecule has 0 saturated heterocycles. The summed E-state index contributed by atoms with van der Waals surface area (Å²) in [6.45, 7) is 0.316. The Labute approximate surface area is 127 Å². The number of anilines is 1. The van der Waals surface area contributed by atoms with Gasteiger partial charge in [0.1, 0.15) is 0 Å². The number of aromatic nitrogens is 2. The van der Waals surface area contributed by atoms with E-state index in [1.165, 1.54) is 12.4 Å². The van der Waals surface area contributed by atoms with E-state index in [2.05, 4.69) is 36.7 Å². The van der Waals surface area contributed by atoms with Gasteiger partial charge >= 0.3 is 12.0 Å². The fraction of sp³-hybridized carbons (Fsp3) is 0.167. The smallest absolute Gasteiger partial charge is 0.336 e. The summed E-state index contributed by atoms with van der Waals surface area (Å²) in [4.78, 5) is 26.5. The molecule has 0 aliphatic carbocycles. The number of amides is 2. The fourth-order valence-electron chi connectivity index (χ4n) is 1.53. The molecular formula is C12H11BrN4O4. The lowest BCUT2D eigenvalue weighted by molar-refractivity contribution is 0.0696. The maximum Gasteiger partial charge on any atom is 0.336 e. The van der Waals surface area contributed by atoms with Crippen molar-refractivity contribution >= 4 is 33.6 Å². The van der Waals surface area contributed by atoms with Gasteiger partial charge in [0.25, 0.3) is 0 Å². The molecule has 0 saturated carbocycles. The molecule has 1 heterocycles. The Morgan fingerprint density at radius 2 is 2.19 bits per heavy atom. The van der Waals surface area contributed by atoms with Crippen LogP contribution in [0.4, 0.5) is 10.5 Å². The van der Waals surface area contributed by atoms with Crippen molar-refractivity contribution in [2.45, 2.75) is 6.42 Å². The largest absolute Gasteiger partial charge is 0.478 e. The number of carbonyl (C=O) groups excluding carboxylic acids is 1. The Hall–Kier alpha value is -2.42. The van der Waals surface area contributed by atoms with Crippen molar-refractivity contribution in [1.82, 2.24) is 15.5 Å². The minimum atomic E-state index is -1.08. The Balaban J connectivity index is 1.87. The first-order valence-electron chi connectivity index (χ1n) is 5.89. The van der Waals surface area contributed by atoms with Crippen LogP contribution in [0.15, 0.2) is 33.5 Å². The molecule has 0 bridgehead atoms. The summed E-state index contributed by atoms with van der Waals surface area (Å²) in [7, 11) is 0. The van der Waals surface area contributed by atoms with Crippen LogP contribution in [0.1, 0.15) is 16.2 Å². The number of aromatic carboxylic acids is 1. The number of hydrogen-bond acceptors (Lipinski definition) is 5. The highest BCUT2D eigenvalue weighted by Crippen LogP contribution is 2.21. The van der Waals surface area contributed by atoms with Gasteiger partial charge in [0.15, 0.2) is 6.33 Å². The van der Waals surface area contributed by atoms with Crippen LogP contribution in [-0.4, -0.2) is 33.8 Å². The van der Waals surface area contributed by atoms with E-state index in [0.29, 0.717) is 29.0 Å². The molecule has 0 radical (unpaired) electrons. The number of nitrogens with one attached hydrogen (secondary N) is 2. The summed E-state index contributed by atoms with van der Waals surface area (Å²) in [6, 6.07) is 4.06. The average molecular weight is 355 g/mol. The molecule has 1 aromatic heterocycles. The Kier molecular flexibility index (Phi) is 4.88. The third kappa shape index (κ3) is 4.28. The van der Waals surface area contributed by atoms with Gasteiger partial charge in [-0.05, 0) is 34.1 Å². The molecule has 3 N–H and O–H groups in total. The standard InChI is InChI=1S/C12H11BrN4O4/c13-9-2-1-7(5-8(9)11(18)19)17-12(20)14-4-3-10-15-6-16-21-10/h1-2,5-6H,3-4H2,(H,18,19)(H2,14,17,20). The van der Waals surface area contributed by atoms with Crippen LogP contribution < -0.4 is 10.6 Å². The van der Waals surface area contributed by atoms with Crippen molar-refractivity contribution in [1.29, 1.82) is 0 Å². The topological polar surface area (TPSA) is 117 Å². The molecule has 21 heavy (non-hydrogen) atoms. The van der Waals surface area contributed by atoms with Gasteiger partial charge in [0.05, 0.1) is 5.56 Å². The predicted octanol–water partition coefficient (Wildman–Crippen LogP) is 1.89. The molecule has 0 aliphatic rings. The van der Waals surface area contributed by atoms with Gasteiger partial charge in [-0.3, -0.25) is 0 Å². The van der Waals surface area contributed by atoms with Gasteiger partial charge in [0.2, 0.25) is 5.89 Å². The summed E-state index contributed by atoms with van der Waals surface area (Å²) >= 11 is 3.13. The zero-order chi connectivity index (χ0) is 15.2. The number of carbonyl (C=O) groups is 2. The van der Waals surface area contributed by atoms with Crippen LogP contribution in [0.5, 0.6) is 0 Å². The van der Waals surface area contributed by atoms with E-state index in [4.69, 9.17) is 9.63 Å². The number of halogens is 1. The van der Waals surface area contributed by atoms with Crippen LogP contribution in [-0.2, 0) is 6.42 Å². The van der Waals surface area contributed by atoms with Crippen molar-refractivity contribution in [2.24, 2.45) is 0 Å². The Morgan fingerprint density at radius 3 is 2.86 bits per heavy atom. The highest BCUT2D eigenvalue weighted by Gasteiger charge is 2.10. The Bertz CT molecular complexity index is 645. The molecule has 0 aliphatic heterocycles. The minimum Gasteiger partial charge on any atom is -0.478 e. The lowest BCUT2D eigenvalue weighted by atomic mass is 10.2.